The Morgan fingerprint density at radius 1 is 0.857 bits per heavy atom. The second kappa shape index (κ2) is 9.25. The van der Waals surface area contributed by atoms with Crippen LogP contribution in [0.15, 0.2) is 72.8 Å². The minimum atomic E-state index is 0.833. The van der Waals surface area contributed by atoms with Crippen molar-refractivity contribution in [1.29, 1.82) is 0 Å². The van der Waals surface area contributed by atoms with E-state index < -0.39 is 0 Å². The molecular weight excluding hydrogens is 340 g/mol. The molecule has 0 spiro atoms. The molecule has 3 aromatic rings. The summed E-state index contributed by atoms with van der Waals surface area (Å²) in [5.41, 5.74) is 5.47. The fourth-order valence-corrected chi connectivity index (χ4v) is 4.32. The van der Waals surface area contributed by atoms with Gasteiger partial charge < -0.3 is 4.98 Å². The van der Waals surface area contributed by atoms with E-state index in [1.54, 1.807) is 0 Å². The first-order chi connectivity index (χ1) is 13.8. The van der Waals surface area contributed by atoms with Gasteiger partial charge in [0.1, 0.15) is 0 Å². The zero-order chi connectivity index (χ0) is 19.2. The second-order valence-electron chi connectivity index (χ2n) is 8.25. The number of hydrogen-bond donors (Lipinski definition) is 1. The van der Waals surface area contributed by atoms with Crippen LogP contribution in [-0.2, 0) is 19.4 Å². The molecule has 2 heteroatoms. The molecule has 1 radical (unpaired) electrons. The van der Waals surface area contributed by atoms with Crippen LogP contribution in [0.3, 0.4) is 0 Å². The van der Waals surface area contributed by atoms with Crippen LogP contribution in [0.2, 0.25) is 0 Å². The fraction of sp³-hybridized carbons (Fsp3) is 0.346. The highest BCUT2D eigenvalue weighted by atomic mass is 15.1. The molecule has 1 saturated heterocycles. The van der Waals surface area contributed by atoms with Gasteiger partial charge in [-0.2, -0.15) is 0 Å². The Hall–Kier alpha value is -2.32. The van der Waals surface area contributed by atoms with Crippen LogP contribution in [0, 0.1) is 11.8 Å². The number of benzene rings is 2. The highest BCUT2D eigenvalue weighted by Gasteiger charge is 2.20. The van der Waals surface area contributed by atoms with E-state index in [-0.39, 0.29) is 0 Å². The number of aromatic nitrogens is 1. The third-order valence-electron chi connectivity index (χ3n) is 5.99. The van der Waals surface area contributed by atoms with E-state index in [4.69, 9.17) is 0 Å². The van der Waals surface area contributed by atoms with Crippen molar-refractivity contribution < 1.29 is 0 Å². The maximum atomic E-state index is 3.65. The van der Waals surface area contributed by atoms with Gasteiger partial charge in [0.05, 0.1) is 0 Å². The molecule has 2 nitrogen and oxygen atoms in total. The van der Waals surface area contributed by atoms with Crippen LogP contribution >= 0.6 is 0 Å². The zero-order valence-electron chi connectivity index (χ0n) is 16.9. The molecule has 2 heterocycles. The third-order valence-corrected chi connectivity index (χ3v) is 5.99. The molecule has 28 heavy (non-hydrogen) atoms. The molecule has 1 fully saturated rings. The molecule has 0 amide bonds. The molecule has 0 unspecified atom stereocenters. The lowest BCUT2D eigenvalue weighted by Gasteiger charge is -2.31. The van der Waals surface area contributed by atoms with E-state index in [2.05, 4.69) is 89.6 Å². The van der Waals surface area contributed by atoms with Gasteiger partial charge in [0.25, 0.3) is 0 Å². The van der Waals surface area contributed by atoms with E-state index in [1.165, 1.54) is 60.8 Å². The van der Waals surface area contributed by atoms with Gasteiger partial charge >= 0.3 is 0 Å². The fourth-order valence-electron chi connectivity index (χ4n) is 4.32. The van der Waals surface area contributed by atoms with E-state index in [0.717, 1.165) is 18.9 Å². The molecular formula is C26H31N2. The molecule has 1 N–H and O–H groups in total. The Balaban J connectivity index is 1.25. The molecule has 4 rings (SSSR count). The van der Waals surface area contributed by atoms with Crippen LogP contribution in [0.1, 0.15) is 42.3 Å². The quantitative estimate of drug-likeness (QED) is 0.568. The zero-order valence-corrected chi connectivity index (χ0v) is 16.9. The van der Waals surface area contributed by atoms with Crippen molar-refractivity contribution in [2.24, 2.45) is 5.92 Å². The van der Waals surface area contributed by atoms with Crippen LogP contribution < -0.4 is 0 Å². The lowest BCUT2D eigenvalue weighted by molar-refractivity contribution is 0.175. The summed E-state index contributed by atoms with van der Waals surface area (Å²) < 4.78 is 0. The maximum Gasteiger partial charge on any atom is 0.0385 e. The predicted molar refractivity (Wildman–Crippen MR) is 117 cm³/mol. The predicted octanol–water partition coefficient (Wildman–Crippen LogP) is 5.65. The lowest BCUT2D eigenvalue weighted by Crippen LogP contribution is -2.34. The van der Waals surface area contributed by atoms with Crippen LogP contribution in [0.25, 0.3) is 0 Å². The molecule has 2 aromatic carbocycles. The Morgan fingerprint density at radius 3 is 2.18 bits per heavy atom. The normalized spacial score (nSPS) is 15.9. The van der Waals surface area contributed by atoms with Crippen LogP contribution in [-0.4, -0.2) is 23.0 Å². The van der Waals surface area contributed by atoms with Gasteiger partial charge in [0.2, 0.25) is 0 Å². The second-order valence-corrected chi connectivity index (χ2v) is 8.25. The Kier molecular flexibility index (Phi) is 6.28. The number of aromatic amines is 1. The van der Waals surface area contributed by atoms with E-state index in [1.807, 2.05) is 0 Å². The van der Waals surface area contributed by atoms with Gasteiger partial charge in [0, 0.05) is 23.9 Å². The van der Waals surface area contributed by atoms with E-state index in [9.17, 15) is 0 Å². The average Bonchev–Trinajstić information content (AvgIpc) is 3.20. The summed E-state index contributed by atoms with van der Waals surface area (Å²) in [5.74, 6) is 2.23. The minimum absolute atomic E-state index is 0.833. The molecule has 145 valence electrons. The summed E-state index contributed by atoms with van der Waals surface area (Å²) in [5, 5.41) is 0. The summed E-state index contributed by atoms with van der Waals surface area (Å²) in [6.45, 7) is 5.69. The van der Waals surface area contributed by atoms with Crippen molar-refractivity contribution in [3.8, 4) is 0 Å². The van der Waals surface area contributed by atoms with Crippen molar-refractivity contribution in [2.75, 3.05) is 13.1 Å². The first kappa shape index (κ1) is 19.0. The smallest absolute Gasteiger partial charge is 0.0385 e. The van der Waals surface area contributed by atoms with Gasteiger partial charge in [-0.25, -0.2) is 0 Å². The molecule has 0 aliphatic carbocycles. The monoisotopic (exact) mass is 371 g/mol. The Bertz CT molecular complexity index is 829. The van der Waals surface area contributed by atoms with Crippen molar-refractivity contribution in [3.05, 3.63) is 101 Å². The largest absolute Gasteiger partial charge is 0.361 e. The number of hydrogen-bond acceptors (Lipinski definition) is 1. The Morgan fingerprint density at radius 2 is 1.50 bits per heavy atom. The van der Waals surface area contributed by atoms with E-state index >= 15 is 0 Å². The number of likely N-dealkylation sites (tertiary alicyclic amines) is 1. The maximum absolute atomic E-state index is 3.65. The van der Waals surface area contributed by atoms with Gasteiger partial charge in [-0.15, -0.1) is 0 Å². The molecule has 0 saturated carbocycles. The number of H-pyrrole nitrogens is 1. The van der Waals surface area contributed by atoms with Crippen LogP contribution in [0.4, 0.5) is 0 Å². The van der Waals surface area contributed by atoms with Gasteiger partial charge in [0.15, 0.2) is 0 Å². The highest BCUT2D eigenvalue weighted by molar-refractivity contribution is 5.30. The summed E-state index contributed by atoms with van der Waals surface area (Å²) in [6, 6.07) is 26.2. The van der Waals surface area contributed by atoms with Gasteiger partial charge in [-0.1, -0.05) is 67.6 Å². The number of rotatable bonds is 7. The summed E-state index contributed by atoms with van der Waals surface area (Å²) >= 11 is 0. The van der Waals surface area contributed by atoms with Crippen molar-refractivity contribution in [1.82, 2.24) is 9.88 Å². The SMILES string of the molecule is C[C](Cc1ccccc1)c1ccc(CN2CCC(Cc3ccccc3)CC2)[nH]1. The summed E-state index contributed by atoms with van der Waals surface area (Å²) in [7, 11) is 0. The van der Waals surface area contributed by atoms with Crippen molar-refractivity contribution in [3.63, 3.8) is 0 Å². The van der Waals surface area contributed by atoms with E-state index in [0.29, 0.717) is 0 Å². The van der Waals surface area contributed by atoms with Crippen molar-refractivity contribution >= 4 is 0 Å². The summed E-state index contributed by atoms with van der Waals surface area (Å²) in [4.78, 5) is 6.25. The van der Waals surface area contributed by atoms with Crippen LogP contribution in [0.5, 0.6) is 0 Å². The topological polar surface area (TPSA) is 19.0 Å². The molecule has 0 bridgehead atoms. The molecule has 1 aliphatic rings. The number of nitrogens with zero attached hydrogens (tertiary/aromatic N) is 1. The van der Waals surface area contributed by atoms with Gasteiger partial charge in [-0.3, -0.25) is 4.90 Å². The third kappa shape index (κ3) is 5.14. The molecule has 1 aliphatic heterocycles. The Labute approximate surface area is 169 Å². The summed E-state index contributed by atoms with van der Waals surface area (Å²) in [6.07, 6.45) is 4.85. The molecule has 1 aromatic heterocycles. The lowest BCUT2D eigenvalue weighted by atomic mass is 9.90. The number of piperidine rings is 1. The van der Waals surface area contributed by atoms with Crippen molar-refractivity contribution in [2.45, 2.75) is 39.2 Å². The first-order valence-electron chi connectivity index (χ1n) is 10.6. The standard InChI is InChI=1S/C26H31N2/c1-21(18-22-8-4-2-5-9-22)26-13-12-25(27-26)20-28-16-14-24(15-17-28)19-23-10-6-3-7-11-23/h2-13,24,27H,14-20H2,1H3. The molecule has 0 atom stereocenters. The number of nitrogens with one attached hydrogen (secondary N) is 1. The first-order valence-corrected chi connectivity index (χ1v) is 10.6. The average molecular weight is 372 g/mol. The van der Waals surface area contributed by atoms with Gasteiger partial charge in [-0.05, 0) is 68.0 Å². The minimum Gasteiger partial charge on any atom is -0.361 e. The highest BCUT2D eigenvalue weighted by Crippen LogP contribution is 2.24.